The predicted molar refractivity (Wildman–Crippen MR) is 251 cm³/mol. The van der Waals surface area contributed by atoms with Crippen LogP contribution >= 0.6 is 11.6 Å². The van der Waals surface area contributed by atoms with Crippen molar-refractivity contribution in [3.63, 3.8) is 0 Å². The zero-order chi connectivity index (χ0) is 44.6. The minimum Gasteiger partial charge on any atom is -0.455 e. The number of hydrogen-bond donors (Lipinski definition) is 2. The second-order valence-electron chi connectivity index (χ2n) is 18.8. The number of nitro groups is 1. The summed E-state index contributed by atoms with van der Waals surface area (Å²) in [6.07, 6.45) is 12.1. The number of nitrogens with one attached hydrogen (secondary N) is 2. The fraction of sp³-hybridized carbons (Fsp3) is 0.429. The summed E-state index contributed by atoms with van der Waals surface area (Å²) in [5.74, 6) is -0.205. The molecule has 0 unspecified atom stereocenters. The number of hydrogen-bond acceptors (Lipinski definition) is 10. The molecule has 4 heterocycles. The number of piperidine rings is 1. The van der Waals surface area contributed by atoms with Crippen LogP contribution in [0.2, 0.25) is 5.02 Å². The number of nitro benzene ring substituents is 1. The van der Waals surface area contributed by atoms with E-state index in [1.54, 1.807) is 30.6 Å². The Kier molecular flexibility index (Phi) is 12.6. The molecule has 0 saturated carbocycles. The summed E-state index contributed by atoms with van der Waals surface area (Å²) in [7, 11) is -4.53. The zero-order valence-corrected chi connectivity index (χ0v) is 38.1. The Bertz CT molecular complexity index is 2700. The molecule has 2 aliphatic carbocycles. The number of aromatic amines is 1. The van der Waals surface area contributed by atoms with Crippen molar-refractivity contribution in [2.24, 2.45) is 11.3 Å². The standard InChI is InChI=1S/C49H56ClN7O6S/c1-49(2)15-12-36(44(30-49)34-6-8-38(50)9-7-34)32-55-20-22-56(23-21-55)39-10-11-42(46(28-39)63-40-26-35-13-16-51-47(35)52-31-40)48(58)53-64(61,62)41-27-37-24-33(14-19-54-17-4-3-5-18-54)25-43(37)45(29-41)57(59)60/h6-11,13,16,26-29,31,33H,3-5,12,14-15,17-25,30,32H2,1-2H3,(H,51,52)(H,53,58)/t33-/m0/s1. The van der Waals surface area contributed by atoms with Crippen molar-refractivity contribution in [3.05, 3.63) is 122 Å². The molecule has 4 aliphatic rings. The minimum absolute atomic E-state index is 0.00421. The van der Waals surface area contributed by atoms with Gasteiger partial charge >= 0.3 is 0 Å². The first-order chi connectivity index (χ1) is 30.8. The molecule has 0 radical (unpaired) electrons. The van der Waals surface area contributed by atoms with E-state index in [1.807, 2.05) is 24.3 Å². The van der Waals surface area contributed by atoms with E-state index in [2.05, 4.69) is 55.4 Å². The lowest BCUT2D eigenvalue weighted by molar-refractivity contribution is -0.385. The summed E-state index contributed by atoms with van der Waals surface area (Å²) in [5, 5.41) is 13.9. The van der Waals surface area contributed by atoms with Crippen LogP contribution in [0.4, 0.5) is 11.4 Å². The first-order valence-corrected chi connectivity index (χ1v) is 24.4. The van der Waals surface area contributed by atoms with Crippen LogP contribution in [0, 0.1) is 21.4 Å². The van der Waals surface area contributed by atoms with Gasteiger partial charge in [-0.25, -0.2) is 18.1 Å². The highest BCUT2D eigenvalue weighted by Crippen LogP contribution is 2.44. The van der Waals surface area contributed by atoms with Gasteiger partial charge in [0.25, 0.3) is 21.6 Å². The number of carbonyl (C=O) groups excluding carboxylic acids is 1. The number of allylic oxidation sites excluding steroid dienone is 1. The van der Waals surface area contributed by atoms with E-state index in [1.165, 1.54) is 42.0 Å². The molecule has 15 heteroatoms. The normalized spacial score (nSPS) is 19.5. The number of anilines is 1. The SMILES string of the molecule is CC1(C)CCC(CN2CCN(c3ccc(C(=O)NS(=O)(=O)c4cc5c(c([N+](=O)[O-])c4)C[C@@H](CCN4CCCCC4)C5)c(Oc4cnc5[nH]ccc5c4)c3)CC2)=C(c2ccc(Cl)cc2)C1. The second kappa shape index (κ2) is 18.3. The molecule has 2 saturated heterocycles. The van der Waals surface area contributed by atoms with Crippen molar-refractivity contribution in [2.45, 2.75) is 76.5 Å². The van der Waals surface area contributed by atoms with Gasteiger partial charge in [-0.2, -0.15) is 0 Å². The number of nitrogens with zero attached hydrogens (tertiary/aromatic N) is 5. The molecule has 13 nitrogen and oxygen atoms in total. The molecule has 2 aromatic heterocycles. The molecule has 2 aliphatic heterocycles. The summed E-state index contributed by atoms with van der Waals surface area (Å²) in [6, 6.07) is 19.6. The number of fused-ring (bicyclic) bond motifs is 2. The number of halogens is 1. The lowest BCUT2D eigenvalue weighted by Crippen LogP contribution is -2.47. The van der Waals surface area contributed by atoms with Gasteiger partial charge < -0.3 is 19.5 Å². The summed E-state index contributed by atoms with van der Waals surface area (Å²) in [4.78, 5) is 40.3. The lowest BCUT2D eigenvalue weighted by Gasteiger charge is -2.39. The molecule has 9 rings (SSSR count). The molecular weight excluding hydrogens is 850 g/mol. The van der Waals surface area contributed by atoms with E-state index < -0.39 is 20.9 Å². The van der Waals surface area contributed by atoms with Crippen LogP contribution in [-0.4, -0.2) is 91.4 Å². The third-order valence-corrected chi connectivity index (χ3v) is 15.2. The number of amides is 1. The molecule has 1 amide bonds. The maximum atomic E-state index is 14.1. The molecule has 5 aromatic rings. The van der Waals surface area contributed by atoms with Crippen molar-refractivity contribution in [1.82, 2.24) is 24.5 Å². The summed E-state index contributed by atoms with van der Waals surface area (Å²) < 4.78 is 36.6. The topological polar surface area (TPSA) is 154 Å². The van der Waals surface area contributed by atoms with Crippen molar-refractivity contribution in [3.8, 4) is 11.5 Å². The van der Waals surface area contributed by atoms with Crippen molar-refractivity contribution < 1.29 is 22.9 Å². The molecule has 64 heavy (non-hydrogen) atoms. The highest BCUT2D eigenvalue weighted by molar-refractivity contribution is 7.90. The number of carbonyl (C=O) groups is 1. The molecule has 336 valence electrons. The quantitative estimate of drug-likeness (QED) is 0.0863. The molecule has 1 atom stereocenters. The number of likely N-dealkylation sites (tertiary alicyclic amines) is 1. The van der Waals surface area contributed by atoms with Gasteiger partial charge in [0.2, 0.25) is 0 Å². The lowest BCUT2D eigenvalue weighted by atomic mass is 9.72. The predicted octanol–water partition coefficient (Wildman–Crippen LogP) is 9.41. The molecule has 3 aromatic carbocycles. The van der Waals surface area contributed by atoms with Crippen LogP contribution in [-0.2, 0) is 22.9 Å². The van der Waals surface area contributed by atoms with E-state index >= 15 is 0 Å². The van der Waals surface area contributed by atoms with E-state index in [0.29, 0.717) is 35.4 Å². The zero-order valence-electron chi connectivity index (χ0n) is 36.6. The smallest absolute Gasteiger partial charge is 0.274 e. The molecule has 0 spiro atoms. The van der Waals surface area contributed by atoms with E-state index in [4.69, 9.17) is 16.3 Å². The summed E-state index contributed by atoms with van der Waals surface area (Å²) in [5.41, 5.74) is 6.86. The number of pyridine rings is 1. The minimum atomic E-state index is -4.53. The Morgan fingerprint density at radius 1 is 0.969 bits per heavy atom. The molecular formula is C49H56ClN7O6S. The molecule has 2 N–H and O–H groups in total. The second-order valence-corrected chi connectivity index (χ2v) is 20.9. The van der Waals surface area contributed by atoms with Crippen LogP contribution < -0.4 is 14.4 Å². The van der Waals surface area contributed by atoms with Gasteiger partial charge in [-0.05, 0) is 141 Å². The maximum absolute atomic E-state index is 14.1. The Balaban J connectivity index is 0.931. The highest BCUT2D eigenvalue weighted by Gasteiger charge is 2.34. The fourth-order valence-corrected chi connectivity index (χ4v) is 11.2. The summed E-state index contributed by atoms with van der Waals surface area (Å²) in [6.45, 7) is 11.8. The number of benzene rings is 3. The number of aromatic nitrogens is 2. The Morgan fingerprint density at radius 2 is 1.75 bits per heavy atom. The van der Waals surface area contributed by atoms with Crippen LogP contribution in [0.25, 0.3) is 16.6 Å². The van der Waals surface area contributed by atoms with Gasteiger partial charge in [0.15, 0.2) is 0 Å². The van der Waals surface area contributed by atoms with E-state index in [9.17, 15) is 23.3 Å². The molecule has 2 fully saturated rings. The van der Waals surface area contributed by atoms with Crippen molar-refractivity contribution in [2.75, 3.05) is 57.3 Å². The largest absolute Gasteiger partial charge is 0.455 e. The van der Waals surface area contributed by atoms with Crippen molar-refractivity contribution >= 4 is 55.5 Å². The van der Waals surface area contributed by atoms with Crippen LogP contribution in [0.15, 0.2) is 89.6 Å². The van der Waals surface area contributed by atoms with Gasteiger partial charge in [0.05, 0.1) is 21.6 Å². The average molecular weight is 907 g/mol. The Labute approximate surface area is 380 Å². The fourth-order valence-electron chi connectivity index (χ4n) is 10.1. The van der Waals surface area contributed by atoms with Gasteiger partial charge in [-0.15, -0.1) is 0 Å². The van der Waals surface area contributed by atoms with E-state index in [0.717, 1.165) is 100 Å². The van der Waals surface area contributed by atoms with Crippen LogP contribution in [0.1, 0.15) is 85.8 Å². The monoisotopic (exact) mass is 905 g/mol. The number of ether oxygens (including phenoxy) is 1. The Morgan fingerprint density at radius 3 is 2.52 bits per heavy atom. The number of sulfonamides is 1. The van der Waals surface area contributed by atoms with Crippen LogP contribution in [0.3, 0.4) is 0 Å². The van der Waals surface area contributed by atoms with Gasteiger partial charge in [0, 0.05) is 72.7 Å². The molecule has 0 bridgehead atoms. The number of rotatable bonds is 13. The summed E-state index contributed by atoms with van der Waals surface area (Å²) >= 11 is 6.25. The van der Waals surface area contributed by atoms with Crippen LogP contribution in [0.5, 0.6) is 11.5 Å². The third-order valence-electron chi connectivity index (χ3n) is 13.7. The van der Waals surface area contributed by atoms with Gasteiger partial charge in [0.1, 0.15) is 17.1 Å². The third kappa shape index (κ3) is 9.85. The van der Waals surface area contributed by atoms with Gasteiger partial charge in [-0.1, -0.05) is 49.6 Å². The first-order valence-electron chi connectivity index (χ1n) is 22.6. The number of piperazine rings is 1. The maximum Gasteiger partial charge on any atom is 0.274 e. The average Bonchev–Trinajstić information content (AvgIpc) is 3.93. The highest BCUT2D eigenvalue weighted by atomic mass is 35.5. The van der Waals surface area contributed by atoms with Crippen molar-refractivity contribution in [1.29, 1.82) is 0 Å². The number of H-pyrrole nitrogens is 1. The van der Waals surface area contributed by atoms with E-state index in [-0.39, 0.29) is 33.2 Å². The van der Waals surface area contributed by atoms with Gasteiger partial charge in [-0.3, -0.25) is 19.8 Å². The Hall–Kier alpha value is -5.28. The first kappa shape index (κ1) is 43.9.